The SMILES string of the molecule is Brc1nn(C2CCCCO2)c2ccc(-c3nn[nH]n3)cc12. The Bertz CT molecular complexity index is 762. The quantitative estimate of drug-likeness (QED) is 0.769. The van der Waals surface area contributed by atoms with Gasteiger partial charge in [-0.15, -0.1) is 10.2 Å². The standard InChI is InChI=1S/C13H13BrN6O/c14-12-9-7-8(13-15-18-19-16-13)4-5-10(9)20(17-12)11-3-1-2-6-21-11/h4-5,7,11H,1-3,6H2,(H,15,16,18,19). The zero-order valence-corrected chi connectivity index (χ0v) is 12.7. The maximum absolute atomic E-state index is 5.83. The number of hydrogen-bond acceptors (Lipinski definition) is 5. The minimum Gasteiger partial charge on any atom is -0.356 e. The zero-order valence-electron chi connectivity index (χ0n) is 11.2. The molecule has 0 saturated carbocycles. The lowest BCUT2D eigenvalue weighted by molar-refractivity contribution is -0.0368. The minimum absolute atomic E-state index is 0.0172. The molecule has 1 N–H and O–H groups in total. The number of H-pyrrole nitrogens is 1. The fourth-order valence-corrected chi connectivity index (χ4v) is 3.15. The Morgan fingerprint density at radius 1 is 1.33 bits per heavy atom. The van der Waals surface area contributed by atoms with Crippen LogP contribution in [-0.4, -0.2) is 37.0 Å². The summed E-state index contributed by atoms with van der Waals surface area (Å²) in [4.78, 5) is 0. The largest absolute Gasteiger partial charge is 0.356 e. The van der Waals surface area contributed by atoms with Crippen LogP contribution in [0.2, 0.25) is 0 Å². The molecule has 8 heteroatoms. The predicted molar refractivity (Wildman–Crippen MR) is 79.4 cm³/mol. The first-order valence-electron chi connectivity index (χ1n) is 6.86. The van der Waals surface area contributed by atoms with Crippen LogP contribution in [0.25, 0.3) is 22.3 Å². The fraction of sp³-hybridized carbons (Fsp3) is 0.385. The van der Waals surface area contributed by atoms with Gasteiger partial charge in [0.2, 0.25) is 5.82 Å². The van der Waals surface area contributed by atoms with Crippen molar-refractivity contribution < 1.29 is 4.74 Å². The van der Waals surface area contributed by atoms with E-state index >= 15 is 0 Å². The van der Waals surface area contributed by atoms with Gasteiger partial charge < -0.3 is 4.74 Å². The summed E-state index contributed by atoms with van der Waals surface area (Å²) in [6, 6.07) is 6.01. The van der Waals surface area contributed by atoms with Gasteiger partial charge >= 0.3 is 0 Å². The van der Waals surface area contributed by atoms with E-state index in [-0.39, 0.29) is 6.23 Å². The second kappa shape index (κ2) is 5.19. The monoisotopic (exact) mass is 348 g/mol. The van der Waals surface area contributed by atoms with Gasteiger partial charge in [0.1, 0.15) is 4.60 Å². The molecular weight excluding hydrogens is 336 g/mol. The van der Waals surface area contributed by atoms with Crippen molar-refractivity contribution in [3.8, 4) is 11.4 Å². The van der Waals surface area contributed by atoms with Crippen LogP contribution in [-0.2, 0) is 4.74 Å². The van der Waals surface area contributed by atoms with E-state index in [1.165, 1.54) is 6.42 Å². The molecule has 0 aliphatic carbocycles. The number of aromatic amines is 1. The summed E-state index contributed by atoms with van der Waals surface area (Å²) >= 11 is 3.53. The lowest BCUT2D eigenvalue weighted by atomic mass is 10.1. The fourth-order valence-electron chi connectivity index (χ4n) is 2.66. The number of aromatic nitrogens is 6. The van der Waals surface area contributed by atoms with Gasteiger partial charge in [0.05, 0.1) is 5.52 Å². The smallest absolute Gasteiger partial charge is 0.204 e. The third-order valence-corrected chi connectivity index (χ3v) is 4.28. The number of tetrazole rings is 1. The van der Waals surface area contributed by atoms with Gasteiger partial charge in [0, 0.05) is 17.6 Å². The average molecular weight is 349 g/mol. The molecule has 1 fully saturated rings. The third kappa shape index (κ3) is 2.24. The van der Waals surface area contributed by atoms with Crippen molar-refractivity contribution in [2.45, 2.75) is 25.5 Å². The van der Waals surface area contributed by atoms with E-state index in [0.717, 1.165) is 40.5 Å². The highest BCUT2D eigenvalue weighted by molar-refractivity contribution is 9.10. The van der Waals surface area contributed by atoms with Crippen LogP contribution >= 0.6 is 15.9 Å². The second-order valence-corrected chi connectivity index (χ2v) is 5.78. The molecule has 21 heavy (non-hydrogen) atoms. The van der Waals surface area contributed by atoms with E-state index < -0.39 is 0 Å². The topological polar surface area (TPSA) is 81.5 Å². The Kier molecular flexibility index (Phi) is 3.19. The van der Waals surface area contributed by atoms with Gasteiger partial charge in [-0.25, -0.2) is 4.68 Å². The number of nitrogens with one attached hydrogen (secondary N) is 1. The van der Waals surface area contributed by atoms with Gasteiger partial charge in [-0.3, -0.25) is 0 Å². The number of nitrogens with zero attached hydrogens (tertiary/aromatic N) is 5. The minimum atomic E-state index is 0.0172. The number of halogens is 1. The van der Waals surface area contributed by atoms with Crippen LogP contribution in [0.5, 0.6) is 0 Å². The molecule has 1 aliphatic rings. The van der Waals surface area contributed by atoms with Crippen molar-refractivity contribution >= 4 is 26.8 Å². The molecule has 1 unspecified atom stereocenters. The predicted octanol–water partition coefficient (Wildman–Crippen LogP) is 2.68. The number of hydrogen-bond donors (Lipinski definition) is 1. The zero-order chi connectivity index (χ0) is 14.2. The van der Waals surface area contributed by atoms with Crippen LogP contribution in [0.3, 0.4) is 0 Å². The Hall–Kier alpha value is -1.80. The number of fused-ring (bicyclic) bond motifs is 1. The molecule has 0 spiro atoms. The van der Waals surface area contributed by atoms with E-state index in [1.54, 1.807) is 0 Å². The molecule has 1 atom stereocenters. The lowest BCUT2D eigenvalue weighted by Crippen LogP contribution is -2.19. The van der Waals surface area contributed by atoms with Gasteiger partial charge in [-0.1, -0.05) is 0 Å². The Morgan fingerprint density at radius 2 is 2.29 bits per heavy atom. The van der Waals surface area contributed by atoms with Crippen molar-refractivity contribution in [2.24, 2.45) is 0 Å². The van der Waals surface area contributed by atoms with E-state index in [2.05, 4.69) is 41.7 Å². The molecule has 7 nitrogen and oxygen atoms in total. The third-order valence-electron chi connectivity index (χ3n) is 3.69. The second-order valence-electron chi connectivity index (χ2n) is 5.02. The van der Waals surface area contributed by atoms with Crippen molar-refractivity contribution in [3.63, 3.8) is 0 Å². The van der Waals surface area contributed by atoms with Crippen LogP contribution in [0, 0.1) is 0 Å². The summed E-state index contributed by atoms with van der Waals surface area (Å²) in [5, 5.41) is 19.7. The first kappa shape index (κ1) is 12.9. The van der Waals surface area contributed by atoms with Gasteiger partial charge in [-0.2, -0.15) is 10.3 Å². The van der Waals surface area contributed by atoms with Crippen LogP contribution < -0.4 is 0 Å². The highest BCUT2D eigenvalue weighted by Gasteiger charge is 2.20. The van der Waals surface area contributed by atoms with Crippen LogP contribution in [0.15, 0.2) is 22.8 Å². The molecule has 0 amide bonds. The normalized spacial score (nSPS) is 19.2. The molecule has 1 aliphatic heterocycles. The molecule has 3 heterocycles. The van der Waals surface area contributed by atoms with Crippen molar-refractivity contribution in [3.05, 3.63) is 22.8 Å². The maximum Gasteiger partial charge on any atom is 0.204 e. The van der Waals surface area contributed by atoms with Gasteiger partial charge in [0.15, 0.2) is 6.23 Å². The molecule has 1 saturated heterocycles. The summed E-state index contributed by atoms with van der Waals surface area (Å²) in [6.07, 6.45) is 3.31. The van der Waals surface area contributed by atoms with Crippen molar-refractivity contribution in [1.82, 2.24) is 30.4 Å². The lowest BCUT2D eigenvalue weighted by Gasteiger charge is -2.23. The first-order valence-corrected chi connectivity index (χ1v) is 7.65. The number of rotatable bonds is 2. The molecule has 4 rings (SSSR count). The molecule has 108 valence electrons. The number of ether oxygens (including phenoxy) is 1. The Labute approximate surface area is 128 Å². The average Bonchev–Trinajstić information content (AvgIpc) is 3.17. The molecule has 2 aromatic heterocycles. The molecule has 1 aromatic carbocycles. The van der Waals surface area contributed by atoms with E-state index in [9.17, 15) is 0 Å². The molecular formula is C13H13BrN6O. The summed E-state index contributed by atoms with van der Waals surface area (Å²) < 4.78 is 8.59. The van der Waals surface area contributed by atoms with E-state index in [4.69, 9.17) is 4.74 Å². The van der Waals surface area contributed by atoms with Crippen molar-refractivity contribution in [1.29, 1.82) is 0 Å². The van der Waals surface area contributed by atoms with Gasteiger partial charge in [-0.05, 0) is 58.6 Å². The maximum atomic E-state index is 5.83. The summed E-state index contributed by atoms with van der Waals surface area (Å²) in [5.74, 6) is 0.575. The molecule has 0 radical (unpaired) electrons. The van der Waals surface area contributed by atoms with Crippen LogP contribution in [0.4, 0.5) is 0 Å². The summed E-state index contributed by atoms with van der Waals surface area (Å²) in [7, 11) is 0. The van der Waals surface area contributed by atoms with E-state index in [0.29, 0.717) is 5.82 Å². The molecule has 3 aromatic rings. The highest BCUT2D eigenvalue weighted by Crippen LogP contribution is 2.32. The van der Waals surface area contributed by atoms with Crippen molar-refractivity contribution in [2.75, 3.05) is 6.61 Å². The summed E-state index contributed by atoms with van der Waals surface area (Å²) in [5.41, 5.74) is 1.95. The molecule has 0 bridgehead atoms. The highest BCUT2D eigenvalue weighted by atomic mass is 79.9. The van der Waals surface area contributed by atoms with E-state index in [1.807, 2.05) is 22.9 Å². The Balaban J connectivity index is 1.80. The first-order chi connectivity index (χ1) is 10.3. The number of benzene rings is 1. The van der Waals surface area contributed by atoms with Gasteiger partial charge in [0.25, 0.3) is 0 Å². The summed E-state index contributed by atoms with van der Waals surface area (Å²) in [6.45, 7) is 0.796. The Morgan fingerprint density at radius 3 is 3.05 bits per heavy atom. The van der Waals surface area contributed by atoms with Crippen LogP contribution in [0.1, 0.15) is 25.5 Å².